The van der Waals surface area contributed by atoms with E-state index in [2.05, 4.69) is 11.5 Å². The number of amides is 2. The summed E-state index contributed by atoms with van der Waals surface area (Å²) in [7, 11) is 0. The fourth-order valence-electron chi connectivity index (χ4n) is 0.497. The quantitative estimate of drug-likeness (QED) is 0.477. The van der Waals surface area contributed by atoms with Crippen LogP contribution in [-0.4, -0.2) is 23.1 Å². The SMILES string of the molecule is CC[C@H](C)[C@H](N)C(=O)O.NC(N)=O. The minimum absolute atomic E-state index is 0.0718. The Bertz CT molecular complexity index is 168. The first-order valence-electron chi connectivity index (χ1n) is 3.86. The third kappa shape index (κ3) is 10.7. The summed E-state index contributed by atoms with van der Waals surface area (Å²) < 4.78 is 0. The third-order valence-electron chi connectivity index (χ3n) is 1.54. The molecule has 0 aliphatic rings. The fraction of sp³-hybridized carbons (Fsp3) is 0.714. The smallest absolute Gasteiger partial charge is 0.320 e. The predicted molar refractivity (Wildman–Crippen MR) is 48.8 cm³/mol. The molecule has 0 spiro atoms. The molecule has 0 bridgehead atoms. The summed E-state index contributed by atoms with van der Waals surface area (Å²) in [6, 6.07) is -1.53. The van der Waals surface area contributed by atoms with Crippen molar-refractivity contribution in [3.63, 3.8) is 0 Å². The van der Waals surface area contributed by atoms with E-state index in [-0.39, 0.29) is 5.92 Å². The first-order chi connectivity index (χ1) is 5.82. The molecular formula is C7H17N3O3. The van der Waals surface area contributed by atoms with Crippen LogP contribution in [0.4, 0.5) is 4.79 Å². The van der Waals surface area contributed by atoms with Crippen molar-refractivity contribution in [3.8, 4) is 0 Å². The van der Waals surface area contributed by atoms with Gasteiger partial charge in [-0.05, 0) is 5.92 Å². The van der Waals surface area contributed by atoms with Crippen molar-refractivity contribution >= 4 is 12.0 Å². The van der Waals surface area contributed by atoms with E-state index in [1.54, 1.807) is 0 Å². The Morgan fingerprint density at radius 1 is 1.38 bits per heavy atom. The summed E-state index contributed by atoms with van der Waals surface area (Å²) in [6.45, 7) is 3.76. The third-order valence-corrected chi connectivity index (χ3v) is 1.54. The Labute approximate surface area is 77.1 Å². The molecular weight excluding hydrogens is 174 g/mol. The van der Waals surface area contributed by atoms with Gasteiger partial charge in [0.15, 0.2) is 0 Å². The van der Waals surface area contributed by atoms with Crippen LogP contribution in [0.3, 0.4) is 0 Å². The topological polar surface area (TPSA) is 132 Å². The highest BCUT2D eigenvalue weighted by Gasteiger charge is 2.17. The minimum atomic E-state index is -0.913. The Kier molecular flexibility index (Phi) is 8.05. The summed E-state index contributed by atoms with van der Waals surface area (Å²) in [6.07, 6.45) is 0.813. The number of rotatable bonds is 3. The second-order valence-corrected chi connectivity index (χ2v) is 2.65. The van der Waals surface area contributed by atoms with Gasteiger partial charge in [0.2, 0.25) is 0 Å². The van der Waals surface area contributed by atoms with Crippen LogP contribution in [0.1, 0.15) is 20.3 Å². The molecule has 13 heavy (non-hydrogen) atoms. The van der Waals surface area contributed by atoms with Crippen LogP contribution in [0.5, 0.6) is 0 Å². The van der Waals surface area contributed by atoms with Crippen LogP contribution in [0.2, 0.25) is 0 Å². The normalized spacial score (nSPS) is 13.5. The largest absolute Gasteiger partial charge is 0.480 e. The van der Waals surface area contributed by atoms with Crippen LogP contribution < -0.4 is 17.2 Å². The summed E-state index contributed by atoms with van der Waals surface area (Å²) in [4.78, 5) is 19.2. The number of carboxylic acid groups (broad SMARTS) is 1. The number of nitrogens with two attached hydrogens (primary N) is 3. The van der Waals surface area contributed by atoms with E-state index in [1.807, 2.05) is 13.8 Å². The summed E-state index contributed by atoms with van der Waals surface area (Å²) in [5.41, 5.74) is 13.8. The maximum absolute atomic E-state index is 10.2. The minimum Gasteiger partial charge on any atom is -0.480 e. The Balaban J connectivity index is 0. The molecule has 0 saturated heterocycles. The van der Waals surface area contributed by atoms with Gasteiger partial charge in [-0.15, -0.1) is 0 Å². The molecule has 7 N–H and O–H groups in total. The second kappa shape index (κ2) is 7.35. The lowest BCUT2D eigenvalue weighted by molar-refractivity contribution is -0.139. The highest BCUT2D eigenvalue weighted by atomic mass is 16.4. The number of carbonyl (C=O) groups excluding carboxylic acids is 1. The maximum Gasteiger partial charge on any atom is 0.320 e. The van der Waals surface area contributed by atoms with Crippen LogP contribution in [0, 0.1) is 5.92 Å². The lowest BCUT2D eigenvalue weighted by Gasteiger charge is -2.11. The van der Waals surface area contributed by atoms with Crippen molar-refractivity contribution in [2.75, 3.05) is 0 Å². The van der Waals surface area contributed by atoms with Crippen LogP contribution >= 0.6 is 0 Å². The van der Waals surface area contributed by atoms with Crippen molar-refractivity contribution in [3.05, 3.63) is 0 Å². The van der Waals surface area contributed by atoms with Gasteiger partial charge in [0, 0.05) is 0 Å². The van der Waals surface area contributed by atoms with Gasteiger partial charge in [0.25, 0.3) is 0 Å². The first-order valence-corrected chi connectivity index (χ1v) is 3.86. The van der Waals surface area contributed by atoms with Gasteiger partial charge in [-0.2, -0.15) is 0 Å². The predicted octanol–water partition coefficient (Wildman–Crippen LogP) is -0.532. The molecule has 0 aromatic carbocycles. The lowest BCUT2D eigenvalue weighted by Crippen LogP contribution is -2.36. The standard InChI is InChI=1S/C6H13NO2.CH4N2O/c1-3-4(2)5(7)6(8)9;2-1(3)4/h4-5H,3,7H2,1-2H3,(H,8,9);(H4,2,3,4)/t4-,5-;/m0./s1. The second-order valence-electron chi connectivity index (χ2n) is 2.65. The van der Waals surface area contributed by atoms with Crippen molar-refractivity contribution in [2.45, 2.75) is 26.3 Å². The molecule has 0 aliphatic heterocycles. The van der Waals surface area contributed by atoms with Crippen LogP contribution in [0.15, 0.2) is 0 Å². The molecule has 0 saturated carbocycles. The van der Waals surface area contributed by atoms with Crippen LogP contribution in [-0.2, 0) is 4.79 Å². The summed E-state index contributed by atoms with van der Waals surface area (Å²) in [5, 5.41) is 8.36. The molecule has 0 rings (SSSR count). The molecule has 0 fully saturated rings. The van der Waals surface area contributed by atoms with E-state index in [0.717, 1.165) is 6.42 Å². The van der Waals surface area contributed by atoms with Gasteiger partial charge >= 0.3 is 12.0 Å². The van der Waals surface area contributed by atoms with Gasteiger partial charge < -0.3 is 22.3 Å². The molecule has 0 aliphatic carbocycles. The Hall–Kier alpha value is -1.30. The van der Waals surface area contributed by atoms with Crippen molar-refractivity contribution in [1.29, 1.82) is 0 Å². The molecule has 2 amide bonds. The zero-order chi connectivity index (χ0) is 11.0. The van der Waals surface area contributed by atoms with E-state index in [4.69, 9.17) is 15.6 Å². The monoisotopic (exact) mass is 191 g/mol. The number of aliphatic carboxylic acids is 1. The summed E-state index contributed by atoms with van der Waals surface area (Å²) in [5.74, 6) is -0.841. The molecule has 0 unspecified atom stereocenters. The van der Waals surface area contributed by atoms with Gasteiger partial charge in [-0.1, -0.05) is 20.3 Å². The lowest BCUT2D eigenvalue weighted by atomic mass is 10.0. The highest BCUT2D eigenvalue weighted by Crippen LogP contribution is 2.04. The van der Waals surface area contributed by atoms with E-state index >= 15 is 0 Å². The Morgan fingerprint density at radius 3 is 1.77 bits per heavy atom. The number of hydrogen-bond donors (Lipinski definition) is 4. The number of carbonyl (C=O) groups is 2. The van der Waals surface area contributed by atoms with Crippen LogP contribution in [0.25, 0.3) is 0 Å². The van der Waals surface area contributed by atoms with Gasteiger partial charge in [0.05, 0.1) is 0 Å². The van der Waals surface area contributed by atoms with E-state index in [9.17, 15) is 4.79 Å². The zero-order valence-electron chi connectivity index (χ0n) is 7.86. The number of carboxylic acids is 1. The molecule has 0 aromatic heterocycles. The number of hydrogen-bond acceptors (Lipinski definition) is 3. The van der Waals surface area contributed by atoms with Crippen molar-refractivity contribution in [1.82, 2.24) is 0 Å². The Morgan fingerprint density at radius 2 is 1.69 bits per heavy atom. The van der Waals surface area contributed by atoms with Gasteiger partial charge in [-0.25, -0.2) is 4.79 Å². The van der Waals surface area contributed by atoms with E-state index < -0.39 is 18.0 Å². The maximum atomic E-state index is 10.2. The van der Waals surface area contributed by atoms with Gasteiger partial charge in [0.1, 0.15) is 6.04 Å². The van der Waals surface area contributed by atoms with E-state index in [1.165, 1.54) is 0 Å². The molecule has 2 atom stereocenters. The molecule has 78 valence electrons. The first kappa shape index (κ1) is 14.2. The molecule has 6 nitrogen and oxygen atoms in total. The van der Waals surface area contributed by atoms with E-state index in [0.29, 0.717) is 0 Å². The average Bonchev–Trinajstić information content (AvgIpc) is 2.00. The zero-order valence-corrected chi connectivity index (χ0v) is 7.86. The number of urea groups is 1. The van der Waals surface area contributed by atoms with Crippen molar-refractivity contribution < 1.29 is 14.7 Å². The molecule has 0 heterocycles. The fourth-order valence-corrected chi connectivity index (χ4v) is 0.497. The van der Waals surface area contributed by atoms with Gasteiger partial charge in [-0.3, -0.25) is 4.79 Å². The molecule has 0 aromatic rings. The van der Waals surface area contributed by atoms with Crippen molar-refractivity contribution in [2.24, 2.45) is 23.1 Å². The molecule has 6 heteroatoms. The number of primary amides is 2. The average molecular weight is 191 g/mol. The molecule has 0 radical (unpaired) electrons. The highest BCUT2D eigenvalue weighted by molar-refractivity contribution is 5.73. The summed E-state index contributed by atoms with van der Waals surface area (Å²) >= 11 is 0.